The molecule has 0 radical (unpaired) electrons. The van der Waals surface area contributed by atoms with Gasteiger partial charge >= 0.3 is 0 Å². The van der Waals surface area contributed by atoms with Crippen LogP contribution in [-0.2, 0) is 0 Å². The van der Waals surface area contributed by atoms with Crippen LogP contribution in [-0.4, -0.2) is 54.1 Å². The maximum absolute atomic E-state index is 12.9. The van der Waals surface area contributed by atoms with Crippen molar-refractivity contribution >= 4 is 23.2 Å². The van der Waals surface area contributed by atoms with Gasteiger partial charge in [-0.05, 0) is 13.0 Å². The maximum Gasteiger partial charge on any atom is 0.211 e. The molecule has 3 rings (SSSR count). The number of hydrogen-bond donors (Lipinski definition) is 0. The molecule has 1 aromatic rings. The molecule has 0 atom stereocenters. The van der Waals surface area contributed by atoms with Gasteiger partial charge in [-0.3, -0.25) is 14.5 Å². The normalized spacial score (nSPS) is 17.8. The summed E-state index contributed by atoms with van der Waals surface area (Å²) in [6, 6.07) is 6.96. The van der Waals surface area contributed by atoms with Crippen molar-refractivity contribution in [1.29, 1.82) is 0 Å². The van der Waals surface area contributed by atoms with E-state index in [2.05, 4.69) is 11.8 Å². The van der Waals surface area contributed by atoms with Crippen LogP contribution < -0.4 is 0 Å². The second-order valence-electron chi connectivity index (χ2n) is 8.17. The third-order valence-electron chi connectivity index (χ3n) is 6.06. The highest BCUT2D eigenvalue weighted by Crippen LogP contribution is 2.31. The van der Waals surface area contributed by atoms with Crippen molar-refractivity contribution in [3.05, 3.63) is 46.1 Å². The summed E-state index contributed by atoms with van der Waals surface area (Å²) in [5.41, 5.74) is 1.28. The zero-order valence-corrected chi connectivity index (χ0v) is 18.3. The van der Waals surface area contributed by atoms with E-state index in [1.807, 2.05) is 4.90 Å². The zero-order chi connectivity index (χ0) is 20.6. The molecule has 0 N–H and O–H groups in total. The number of piperazine rings is 1. The number of halogens is 1. The third-order valence-corrected chi connectivity index (χ3v) is 6.41. The summed E-state index contributed by atoms with van der Waals surface area (Å²) in [6.07, 6.45) is 10.7. The number of fused-ring (bicyclic) bond motifs is 1. The van der Waals surface area contributed by atoms with Crippen LogP contribution in [0.4, 0.5) is 0 Å². The van der Waals surface area contributed by atoms with Crippen LogP contribution in [0.2, 0.25) is 0 Å². The molecule has 0 unspecified atom stereocenters. The van der Waals surface area contributed by atoms with Crippen LogP contribution in [0.25, 0.3) is 0 Å². The van der Waals surface area contributed by atoms with Crippen LogP contribution in [0.1, 0.15) is 79.0 Å². The maximum atomic E-state index is 12.9. The second kappa shape index (κ2) is 10.9. The first-order chi connectivity index (χ1) is 14.1. The highest BCUT2D eigenvalue weighted by Gasteiger charge is 2.35. The Morgan fingerprint density at radius 3 is 1.97 bits per heavy atom. The Kier molecular flexibility index (Phi) is 8.31. The Morgan fingerprint density at radius 2 is 1.34 bits per heavy atom. The second-order valence-corrected chi connectivity index (χ2v) is 8.55. The summed E-state index contributed by atoms with van der Waals surface area (Å²) in [5.74, 6) is -0.361. The van der Waals surface area contributed by atoms with E-state index in [0.29, 0.717) is 16.8 Å². The van der Waals surface area contributed by atoms with Gasteiger partial charge in [-0.25, -0.2) is 0 Å². The molecule has 4 nitrogen and oxygen atoms in total. The fraction of sp³-hybridized carbons (Fsp3) is 0.583. The summed E-state index contributed by atoms with van der Waals surface area (Å²) in [4.78, 5) is 30.0. The number of rotatable bonds is 10. The van der Waals surface area contributed by atoms with E-state index in [1.165, 1.54) is 51.4 Å². The fourth-order valence-corrected chi connectivity index (χ4v) is 4.59. The highest BCUT2D eigenvalue weighted by atomic mass is 35.5. The summed E-state index contributed by atoms with van der Waals surface area (Å²) >= 11 is 6.34. The lowest BCUT2D eigenvalue weighted by Crippen LogP contribution is -2.48. The van der Waals surface area contributed by atoms with Gasteiger partial charge in [0.1, 0.15) is 10.7 Å². The predicted octanol–water partition coefficient (Wildman–Crippen LogP) is 5.27. The van der Waals surface area contributed by atoms with Crippen LogP contribution in [0, 0.1) is 0 Å². The summed E-state index contributed by atoms with van der Waals surface area (Å²) < 4.78 is 0. The van der Waals surface area contributed by atoms with E-state index in [9.17, 15) is 9.59 Å². The fourth-order valence-electron chi connectivity index (χ4n) is 4.28. The highest BCUT2D eigenvalue weighted by molar-refractivity contribution is 6.49. The lowest BCUT2D eigenvalue weighted by Gasteiger charge is -2.38. The predicted molar refractivity (Wildman–Crippen MR) is 119 cm³/mol. The van der Waals surface area contributed by atoms with Gasteiger partial charge in [-0.2, -0.15) is 0 Å². The molecular weight excluding hydrogens is 384 g/mol. The van der Waals surface area contributed by atoms with Crippen LogP contribution in [0.5, 0.6) is 0 Å². The van der Waals surface area contributed by atoms with Gasteiger partial charge < -0.3 is 4.90 Å². The summed E-state index contributed by atoms with van der Waals surface area (Å²) in [7, 11) is 0. The topological polar surface area (TPSA) is 40.6 Å². The first kappa shape index (κ1) is 22.0. The SMILES string of the molecule is CCCCCCCCCCN1CCN(C2=C(Cl)C(=O)c3ccccc3C2=O)CC1. The van der Waals surface area contributed by atoms with Crippen molar-refractivity contribution in [3.63, 3.8) is 0 Å². The summed E-state index contributed by atoms with van der Waals surface area (Å²) in [5, 5.41) is 0.0743. The number of unbranched alkanes of at least 4 members (excludes halogenated alkanes) is 7. The minimum Gasteiger partial charge on any atom is -0.364 e. The van der Waals surface area contributed by atoms with Crippen molar-refractivity contribution in [2.45, 2.75) is 58.3 Å². The average Bonchev–Trinajstić information content (AvgIpc) is 2.75. The molecule has 1 aromatic carbocycles. The van der Waals surface area contributed by atoms with Gasteiger partial charge in [0.05, 0.1) is 0 Å². The number of ketones is 2. The van der Waals surface area contributed by atoms with Gasteiger partial charge in [-0.1, -0.05) is 87.7 Å². The minimum atomic E-state index is -0.238. The van der Waals surface area contributed by atoms with E-state index in [1.54, 1.807) is 24.3 Å². The van der Waals surface area contributed by atoms with Crippen LogP contribution in [0.3, 0.4) is 0 Å². The van der Waals surface area contributed by atoms with Crippen molar-refractivity contribution in [3.8, 4) is 0 Å². The van der Waals surface area contributed by atoms with Gasteiger partial charge in [0.15, 0.2) is 0 Å². The van der Waals surface area contributed by atoms with Crippen molar-refractivity contribution in [2.75, 3.05) is 32.7 Å². The summed E-state index contributed by atoms with van der Waals surface area (Å²) in [6.45, 7) is 6.67. The third kappa shape index (κ3) is 5.49. The molecule has 0 aromatic heterocycles. The molecule has 1 fully saturated rings. The molecule has 1 aliphatic carbocycles. The minimum absolute atomic E-state index is 0.0743. The van der Waals surface area contributed by atoms with Gasteiger partial charge in [0, 0.05) is 37.3 Å². The molecule has 29 heavy (non-hydrogen) atoms. The number of Topliss-reactive ketones (excluding diaryl/α,β-unsaturated/α-hetero) is 2. The number of hydrogen-bond acceptors (Lipinski definition) is 4. The number of benzene rings is 1. The quantitative estimate of drug-likeness (QED) is 0.487. The number of allylic oxidation sites excluding steroid dienone is 2. The molecule has 1 heterocycles. The average molecular weight is 417 g/mol. The number of carbonyl (C=O) groups excluding carboxylic acids is 2. The van der Waals surface area contributed by atoms with E-state index >= 15 is 0 Å². The van der Waals surface area contributed by atoms with Crippen molar-refractivity contribution in [1.82, 2.24) is 9.80 Å². The smallest absolute Gasteiger partial charge is 0.211 e. The lowest BCUT2D eigenvalue weighted by molar-refractivity contribution is 0.0910. The monoisotopic (exact) mass is 416 g/mol. The van der Waals surface area contributed by atoms with Gasteiger partial charge in [0.2, 0.25) is 11.6 Å². The molecular formula is C24H33ClN2O2. The molecule has 0 spiro atoms. The first-order valence-electron chi connectivity index (χ1n) is 11.2. The largest absolute Gasteiger partial charge is 0.364 e. The van der Waals surface area contributed by atoms with Gasteiger partial charge in [-0.15, -0.1) is 0 Å². The Balaban J connectivity index is 1.44. The van der Waals surface area contributed by atoms with E-state index < -0.39 is 0 Å². The molecule has 158 valence electrons. The Morgan fingerprint density at radius 1 is 0.793 bits per heavy atom. The molecule has 0 bridgehead atoms. The number of nitrogens with zero attached hydrogens (tertiary/aromatic N) is 2. The van der Waals surface area contributed by atoms with Gasteiger partial charge in [0.25, 0.3) is 0 Å². The zero-order valence-electron chi connectivity index (χ0n) is 17.6. The lowest BCUT2D eigenvalue weighted by atomic mass is 9.91. The van der Waals surface area contributed by atoms with Crippen LogP contribution in [0.15, 0.2) is 35.0 Å². The van der Waals surface area contributed by atoms with E-state index in [0.717, 1.165) is 32.7 Å². The molecule has 1 saturated heterocycles. The molecule has 1 aliphatic heterocycles. The molecule has 0 saturated carbocycles. The van der Waals surface area contributed by atoms with Crippen molar-refractivity contribution < 1.29 is 9.59 Å². The Hall–Kier alpha value is -1.65. The Bertz CT molecular complexity index is 751. The molecule has 5 heteroatoms. The number of carbonyl (C=O) groups is 2. The van der Waals surface area contributed by atoms with E-state index in [4.69, 9.17) is 11.6 Å². The van der Waals surface area contributed by atoms with Crippen molar-refractivity contribution in [2.24, 2.45) is 0 Å². The van der Waals surface area contributed by atoms with Crippen LogP contribution >= 0.6 is 11.6 Å². The molecule has 2 aliphatic rings. The standard InChI is InChI=1S/C24H33ClN2O2/c1-2-3-4-5-6-7-8-11-14-26-15-17-27(18-16-26)22-21(25)23(28)19-12-9-10-13-20(19)24(22)29/h9-10,12-13H,2-8,11,14-18H2,1H3. The molecule has 0 amide bonds. The Labute approximate surface area is 179 Å². The van der Waals surface area contributed by atoms with E-state index in [-0.39, 0.29) is 16.6 Å². The first-order valence-corrected chi connectivity index (χ1v) is 11.6.